The number of ether oxygens (including phenoxy) is 2. The summed E-state index contributed by atoms with van der Waals surface area (Å²) in [4.78, 5) is 12.4. The van der Waals surface area contributed by atoms with E-state index in [1.54, 1.807) is 18.3 Å². The molecule has 0 aliphatic rings. The fourth-order valence-electron chi connectivity index (χ4n) is 2.70. The van der Waals surface area contributed by atoms with Crippen LogP contribution in [0.2, 0.25) is 0 Å². The highest BCUT2D eigenvalue weighted by atomic mass is 19.4. The van der Waals surface area contributed by atoms with Crippen molar-refractivity contribution in [2.45, 2.75) is 19.8 Å². The second-order valence-corrected chi connectivity index (χ2v) is 6.16. The Kier molecular flexibility index (Phi) is 5.76. The van der Waals surface area contributed by atoms with Crippen molar-refractivity contribution in [2.24, 2.45) is 0 Å². The molecule has 0 aliphatic carbocycles. The van der Waals surface area contributed by atoms with E-state index in [2.05, 4.69) is 15.2 Å². The van der Waals surface area contributed by atoms with Gasteiger partial charge < -0.3 is 14.8 Å². The monoisotopic (exact) mass is 405 g/mol. The van der Waals surface area contributed by atoms with Crippen molar-refractivity contribution in [1.82, 2.24) is 15.1 Å². The van der Waals surface area contributed by atoms with Crippen molar-refractivity contribution in [3.63, 3.8) is 0 Å². The van der Waals surface area contributed by atoms with Crippen LogP contribution in [0.5, 0.6) is 11.5 Å². The molecule has 29 heavy (non-hydrogen) atoms. The third-order valence-electron chi connectivity index (χ3n) is 4.04. The standard InChI is InChI=1S/C20H18F3N3O3/c1-13-7-8-18(28-2)16(11-13)26-10-9-15(25-26)19(27)24-12-14-5-3-4-6-17(14)29-20(21,22)23/h3-11H,12H2,1-2H3,(H,24,27). The Morgan fingerprint density at radius 3 is 2.62 bits per heavy atom. The van der Waals surface area contributed by atoms with E-state index in [0.717, 1.165) is 5.56 Å². The molecule has 0 saturated carbocycles. The van der Waals surface area contributed by atoms with Crippen LogP contribution < -0.4 is 14.8 Å². The lowest BCUT2D eigenvalue weighted by molar-refractivity contribution is -0.274. The average molecular weight is 405 g/mol. The third kappa shape index (κ3) is 5.07. The van der Waals surface area contributed by atoms with Gasteiger partial charge in [0.25, 0.3) is 5.91 Å². The molecule has 9 heteroatoms. The molecule has 0 fully saturated rings. The number of rotatable bonds is 6. The average Bonchev–Trinajstić information content (AvgIpc) is 3.16. The maximum Gasteiger partial charge on any atom is 0.573 e. The van der Waals surface area contributed by atoms with E-state index < -0.39 is 12.3 Å². The molecule has 1 aromatic heterocycles. The van der Waals surface area contributed by atoms with Crippen molar-refractivity contribution < 1.29 is 27.4 Å². The predicted molar refractivity (Wildman–Crippen MR) is 99.1 cm³/mol. The number of nitrogens with one attached hydrogen (secondary N) is 1. The van der Waals surface area contributed by atoms with Crippen LogP contribution in [-0.2, 0) is 6.54 Å². The Morgan fingerprint density at radius 2 is 1.90 bits per heavy atom. The number of alkyl halides is 3. The van der Waals surface area contributed by atoms with Crippen LogP contribution in [0.1, 0.15) is 21.6 Å². The molecule has 1 amide bonds. The molecule has 0 radical (unpaired) electrons. The molecule has 1 N–H and O–H groups in total. The highest BCUT2D eigenvalue weighted by Gasteiger charge is 2.32. The van der Waals surface area contributed by atoms with Gasteiger partial charge >= 0.3 is 6.36 Å². The fraction of sp³-hybridized carbons (Fsp3) is 0.200. The van der Waals surface area contributed by atoms with Crippen LogP contribution in [-0.4, -0.2) is 29.2 Å². The summed E-state index contributed by atoms with van der Waals surface area (Å²) < 4.78 is 48.3. The maximum absolute atomic E-state index is 12.5. The Bertz CT molecular complexity index is 1020. The number of aryl methyl sites for hydroxylation is 1. The number of methoxy groups -OCH3 is 1. The number of hydrogen-bond donors (Lipinski definition) is 1. The van der Waals surface area contributed by atoms with Gasteiger partial charge in [0.2, 0.25) is 0 Å². The molecule has 0 spiro atoms. The summed E-state index contributed by atoms with van der Waals surface area (Å²) in [6.45, 7) is 1.77. The molecule has 3 aromatic rings. The third-order valence-corrected chi connectivity index (χ3v) is 4.04. The molecule has 6 nitrogen and oxygen atoms in total. The molecule has 1 heterocycles. The van der Waals surface area contributed by atoms with Crippen molar-refractivity contribution in [1.29, 1.82) is 0 Å². The first-order valence-electron chi connectivity index (χ1n) is 8.59. The lowest BCUT2D eigenvalue weighted by atomic mass is 10.2. The minimum Gasteiger partial charge on any atom is -0.494 e. The van der Waals surface area contributed by atoms with Gasteiger partial charge in [-0.3, -0.25) is 4.79 Å². The molecule has 3 rings (SSSR count). The van der Waals surface area contributed by atoms with Gasteiger partial charge in [0, 0.05) is 18.3 Å². The topological polar surface area (TPSA) is 65.4 Å². The Labute approximate surface area is 164 Å². The predicted octanol–water partition coefficient (Wildman–Crippen LogP) is 4.02. The number of aromatic nitrogens is 2. The molecule has 0 aliphatic heterocycles. The Hall–Kier alpha value is -3.49. The second-order valence-electron chi connectivity index (χ2n) is 6.16. The Morgan fingerprint density at radius 1 is 1.14 bits per heavy atom. The van der Waals surface area contributed by atoms with Gasteiger partial charge in [0.1, 0.15) is 17.2 Å². The lowest BCUT2D eigenvalue weighted by Gasteiger charge is -2.13. The summed E-state index contributed by atoms with van der Waals surface area (Å²) in [5.41, 5.74) is 1.96. The zero-order valence-corrected chi connectivity index (χ0v) is 15.7. The number of carbonyl (C=O) groups excluding carboxylic acids is 1. The van der Waals surface area contributed by atoms with Gasteiger partial charge in [-0.1, -0.05) is 24.3 Å². The summed E-state index contributed by atoms with van der Waals surface area (Å²) in [7, 11) is 1.53. The van der Waals surface area contributed by atoms with Crippen molar-refractivity contribution in [2.75, 3.05) is 7.11 Å². The minimum absolute atomic E-state index is 0.114. The van der Waals surface area contributed by atoms with Crippen LogP contribution in [0.15, 0.2) is 54.7 Å². The van der Waals surface area contributed by atoms with E-state index in [1.165, 1.54) is 36.1 Å². The molecular weight excluding hydrogens is 387 g/mol. The van der Waals surface area contributed by atoms with Crippen LogP contribution in [0.4, 0.5) is 13.2 Å². The first kappa shape index (κ1) is 20.2. The number of halogens is 3. The highest BCUT2D eigenvalue weighted by Crippen LogP contribution is 2.26. The number of nitrogens with zero attached hydrogens (tertiary/aromatic N) is 2. The first-order chi connectivity index (χ1) is 13.8. The number of para-hydroxylation sites is 1. The largest absolute Gasteiger partial charge is 0.573 e. The van der Waals surface area contributed by atoms with Crippen LogP contribution >= 0.6 is 0 Å². The SMILES string of the molecule is COc1ccc(C)cc1-n1ccc(C(=O)NCc2ccccc2OC(F)(F)F)n1. The molecule has 0 bridgehead atoms. The lowest BCUT2D eigenvalue weighted by Crippen LogP contribution is -2.25. The summed E-state index contributed by atoms with van der Waals surface area (Å²) in [5, 5.41) is 6.79. The molecule has 2 aromatic carbocycles. The van der Waals surface area contributed by atoms with Crippen molar-refractivity contribution >= 4 is 5.91 Å². The summed E-state index contributed by atoms with van der Waals surface area (Å²) in [6.07, 6.45) is -3.21. The molecule has 0 atom stereocenters. The van der Waals surface area contributed by atoms with Gasteiger partial charge in [-0.2, -0.15) is 5.10 Å². The molecule has 0 saturated heterocycles. The van der Waals surface area contributed by atoms with Gasteiger partial charge in [-0.25, -0.2) is 4.68 Å². The smallest absolute Gasteiger partial charge is 0.494 e. The van der Waals surface area contributed by atoms with E-state index in [9.17, 15) is 18.0 Å². The zero-order chi connectivity index (χ0) is 21.0. The number of carbonyl (C=O) groups is 1. The van der Waals surface area contributed by atoms with Crippen LogP contribution in [0.3, 0.4) is 0 Å². The number of benzene rings is 2. The fourth-order valence-corrected chi connectivity index (χ4v) is 2.70. The maximum atomic E-state index is 12.5. The highest BCUT2D eigenvalue weighted by molar-refractivity contribution is 5.92. The number of amides is 1. The van der Waals surface area contributed by atoms with E-state index >= 15 is 0 Å². The summed E-state index contributed by atoms with van der Waals surface area (Å²) in [5.74, 6) is -0.309. The zero-order valence-electron chi connectivity index (χ0n) is 15.7. The first-order valence-corrected chi connectivity index (χ1v) is 8.59. The van der Waals surface area contributed by atoms with Crippen LogP contribution in [0, 0.1) is 6.92 Å². The van der Waals surface area contributed by atoms with Gasteiger partial charge in [0.05, 0.1) is 7.11 Å². The normalized spacial score (nSPS) is 11.2. The van der Waals surface area contributed by atoms with E-state index in [0.29, 0.717) is 11.4 Å². The van der Waals surface area contributed by atoms with Crippen LogP contribution in [0.25, 0.3) is 5.69 Å². The van der Waals surface area contributed by atoms with Crippen molar-refractivity contribution in [3.05, 3.63) is 71.5 Å². The van der Waals surface area contributed by atoms with Gasteiger partial charge in [-0.05, 0) is 36.8 Å². The van der Waals surface area contributed by atoms with E-state index in [4.69, 9.17) is 4.74 Å². The van der Waals surface area contributed by atoms with E-state index in [1.807, 2.05) is 19.1 Å². The van der Waals surface area contributed by atoms with Gasteiger partial charge in [0.15, 0.2) is 5.69 Å². The van der Waals surface area contributed by atoms with Crippen molar-refractivity contribution in [3.8, 4) is 17.2 Å². The second kappa shape index (κ2) is 8.26. The van der Waals surface area contributed by atoms with E-state index in [-0.39, 0.29) is 23.6 Å². The van der Waals surface area contributed by atoms with Gasteiger partial charge in [-0.15, -0.1) is 13.2 Å². The quantitative estimate of drug-likeness (QED) is 0.673. The Balaban J connectivity index is 1.73. The number of hydrogen-bond acceptors (Lipinski definition) is 4. The summed E-state index contributed by atoms with van der Waals surface area (Å²) in [6, 6.07) is 12.7. The minimum atomic E-state index is -4.81. The molecular formula is C20H18F3N3O3. The molecule has 0 unspecified atom stereocenters. The molecule has 152 valence electrons. The summed E-state index contributed by atoms with van der Waals surface area (Å²) >= 11 is 0.